The fourth-order valence-corrected chi connectivity index (χ4v) is 6.35. The Hall–Kier alpha value is -3.60. The van der Waals surface area contributed by atoms with Crippen molar-refractivity contribution in [3.63, 3.8) is 0 Å². The maximum Gasteiger partial charge on any atom is 0.417 e. The summed E-state index contributed by atoms with van der Waals surface area (Å²) >= 11 is 2.90. The fraction of sp³-hybridized carbons (Fsp3) is 0.286. The van der Waals surface area contributed by atoms with Gasteiger partial charge in [0.1, 0.15) is 5.82 Å². The van der Waals surface area contributed by atoms with E-state index in [0.717, 1.165) is 15.8 Å². The van der Waals surface area contributed by atoms with Gasteiger partial charge in [-0.05, 0) is 43.2 Å². The number of aryl methyl sites for hydroxylation is 1. The van der Waals surface area contributed by atoms with Crippen LogP contribution in [0.3, 0.4) is 0 Å². The summed E-state index contributed by atoms with van der Waals surface area (Å²) in [6.45, 7) is 7.59. The summed E-state index contributed by atoms with van der Waals surface area (Å²) in [6, 6.07) is 9.84. The molecule has 0 saturated carbocycles. The zero-order chi connectivity index (χ0) is 29.6. The molecule has 12 heteroatoms. The van der Waals surface area contributed by atoms with Gasteiger partial charge in [0, 0.05) is 34.6 Å². The van der Waals surface area contributed by atoms with Crippen molar-refractivity contribution in [3.05, 3.63) is 71.3 Å². The van der Waals surface area contributed by atoms with E-state index in [1.165, 1.54) is 47.4 Å². The Bertz CT molecular complexity index is 1540. The monoisotopic (exact) mass is 591 g/mol. The van der Waals surface area contributed by atoms with Crippen molar-refractivity contribution in [2.75, 3.05) is 0 Å². The lowest BCUT2D eigenvalue weighted by Gasteiger charge is -2.14. The fourth-order valence-electron chi connectivity index (χ4n) is 3.90. The van der Waals surface area contributed by atoms with E-state index in [1.54, 1.807) is 29.9 Å². The van der Waals surface area contributed by atoms with Gasteiger partial charge < -0.3 is 0 Å². The quantitative estimate of drug-likeness (QED) is 0.117. The predicted octanol–water partition coefficient (Wildman–Crippen LogP) is 8.03. The Morgan fingerprint density at radius 2 is 1.82 bits per heavy atom. The van der Waals surface area contributed by atoms with Crippen molar-refractivity contribution in [3.8, 4) is 27.5 Å². The second kappa shape index (κ2) is 13.2. The van der Waals surface area contributed by atoms with Crippen LogP contribution in [0.25, 0.3) is 27.5 Å². The van der Waals surface area contributed by atoms with Crippen LogP contribution in [0.5, 0.6) is 0 Å². The van der Waals surface area contributed by atoms with Crippen LogP contribution in [0.15, 0.2) is 52.9 Å². The second-order valence-corrected chi connectivity index (χ2v) is 11.7. The highest BCUT2D eigenvalue weighted by molar-refractivity contribution is 8.01. The van der Waals surface area contributed by atoms with Gasteiger partial charge in [0.25, 0.3) is 0 Å². The Kier molecular flexibility index (Phi) is 10.2. The molecule has 0 aliphatic carbocycles. The largest absolute Gasteiger partial charge is 0.417 e. The third kappa shape index (κ3) is 7.32. The number of Topliss-reactive ketones (excluding diaryl/α,β-unsaturated/α-hetero) is 1. The molecular weight excluding hydrogens is 566 g/mol. The third-order valence-electron chi connectivity index (χ3n) is 5.53. The zero-order valence-corrected chi connectivity index (χ0v) is 23.6. The number of alkyl halides is 3. The Balaban J connectivity index is 0.00000141. The van der Waals surface area contributed by atoms with Crippen LogP contribution in [0, 0.1) is 12.7 Å². The maximum absolute atomic E-state index is 13.8. The van der Waals surface area contributed by atoms with Gasteiger partial charge in [-0.2, -0.15) is 27.9 Å². The van der Waals surface area contributed by atoms with Crippen molar-refractivity contribution >= 4 is 35.0 Å². The van der Waals surface area contributed by atoms with E-state index in [-0.39, 0.29) is 29.2 Å². The Morgan fingerprint density at radius 1 is 1.12 bits per heavy atom. The lowest BCUT2D eigenvalue weighted by atomic mass is 9.97. The topological polar surface area (TPSA) is 81.9 Å². The first-order valence-corrected chi connectivity index (χ1v) is 13.8. The van der Waals surface area contributed by atoms with E-state index in [9.17, 15) is 22.4 Å². The first kappa shape index (κ1) is 30.9. The van der Waals surface area contributed by atoms with Crippen LogP contribution < -0.4 is 0 Å². The van der Waals surface area contributed by atoms with Crippen LogP contribution >= 0.6 is 23.1 Å². The number of thioether (sulfide) groups is 1. The van der Waals surface area contributed by atoms with E-state index in [1.807, 2.05) is 20.8 Å². The minimum atomic E-state index is -4.64. The number of nitrogens with zero attached hydrogens (tertiary/aromatic N) is 3. The van der Waals surface area contributed by atoms with Gasteiger partial charge in [-0.1, -0.05) is 50.3 Å². The molecule has 0 spiro atoms. The van der Waals surface area contributed by atoms with E-state index in [4.69, 9.17) is 14.6 Å². The van der Waals surface area contributed by atoms with Gasteiger partial charge in [-0.15, -0.1) is 11.8 Å². The second-order valence-electron chi connectivity index (χ2n) is 8.90. The molecule has 4 aromatic rings. The van der Waals surface area contributed by atoms with E-state index < -0.39 is 17.5 Å². The summed E-state index contributed by atoms with van der Waals surface area (Å²) < 4.78 is 57.2. The van der Waals surface area contributed by atoms with Crippen molar-refractivity contribution in [2.45, 2.75) is 56.2 Å². The molecule has 0 radical (unpaired) electrons. The average Bonchev–Trinajstić information content (AvgIpc) is 3.47. The zero-order valence-electron chi connectivity index (χ0n) is 22.0. The van der Waals surface area contributed by atoms with Crippen molar-refractivity contribution in [2.24, 2.45) is 0 Å². The van der Waals surface area contributed by atoms with E-state index in [0.29, 0.717) is 34.1 Å². The first-order valence-electron chi connectivity index (χ1n) is 12.1. The molecule has 210 valence electrons. The van der Waals surface area contributed by atoms with Gasteiger partial charge in [0.05, 0.1) is 21.2 Å². The van der Waals surface area contributed by atoms with Crippen molar-refractivity contribution in [1.82, 2.24) is 14.8 Å². The van der Waals surface area contributed by atoms with E-state index >= 15 is 0 Å². The Morgan fingerprint density at radius 3 is 2.42 bits per heavy atom. The number of thiazole rings is 1. The molecule has 2 heterocycles. The summed E-state index contributed by atoms with van der Waals surface area (Å²) in [7, 11) is 0. The van der Waals surface area contributed by atoms with Crippen LogP contribution in [-0.4, -0.2) is 31.9 Å². The summed E-state index contributed by atoms with van der Waals surface area (Å²) in [5.74, 6) is -0.903. The third-order valence-corrected chi connectivity index (χ3v) is 7.79. The van der Waals surface area contributed by atoms with E-state index in [2.05, 4.69) is 5.10 Å². The predicted molar refractivity (Wildman–Crippen MR) is 145 cm³/mol. The summed E-state index contributed by atoms with van der Waals surface area (Å²) in [5.41, 5.74) is 1.76. The summed E-state index contributed by atoms with van der Waals surface area (Å²) in [4.78, 5) is 33.6. The molecule has 0 bridgehead atoms. The summed E-state index contributed by atoms with van der Waals surface area (Å²) in [5, 5.41) is 5.26. The van der Waals surface area contributed by atoms with Crippen LogP contribution in [0.1, 0.15) is 55.2 Å². The molecule has 2 aromatic carbocycles. The van der Waals surface area contributed by atoms with Gasteiger partial charge in [-0.3, -0.25) is 4.79 Å². The van der Waals surface area contributed by atoms with Gasteiger partial charge in [0.2, 0.25) is 5.13 Å². The molecule has 0 aliphatic heterocycles. The van der Waals surface area contributed by atoms with Crippen molar-refractivity contribution in [1.29, 1.82) is 0 Å². The standard InChI is InChI=1S/C27H25F4N3OS2.CO2/c1-5-7-23(35)20-13-18(10-11-22(20)27(29,30)31)24-25(36-15(2)3)37-26(32-24)34-14-21(16(4)33-34)17-8-6-9-19(28)12-17;2-1-3/h6,8-15H,5,7H2,1-4H3;. The Labute approximate surface area is 236 Å². The average molecular weight is 592 g/mol. The first-order chi connectivity index (χ1) is 18.9. The number of hydrogen-bond donors (Lipinski definition) is 0. The smallest absolute Gasteiger partial charge is 0.294 e. The SMILES string of the molecule is CCCC(=O)c1cc(-c2nc(-n3cc(-c4cccc(F)c4)c(C)n3)sc2SC(C)C)ccc1C(F)(F)F.O=C=O. The molecule has 0 N–H and O–H groups in total. The molecule has 0 unspecified atom stereocenters. The molecule has 0 fully saturated rings. The molecule has 0 atom stereocenters. The van der Waals surface area contributed by atoms with Gasteiger partial charge >= 0.3 is 12.3 Å². The summed E-state index contributed by atoms with van der Waals surface area (Å²) in [6.07, 6.45) is -2.15. The van der Waals surface area contributed by atoms with Crippen LogP contribution in [0.4, 0.5) is 17.6 Å². The number of aromatic nitrogens is 3. The molecule has 40 heavy (non-hydrogen) atoms. The van der Waals surface area contributed by atoms with Crippen molar-refractivity contribution < 1.29 is 31.9 Å². The van der Waals surface area contributed by atoms with Gasteiger partial charge in [-0.25, -0.2) is 14.1 Å². The lowest BCUT2D eigenvalue weighted by Crippen LogP contribution is -2.13. The molecule has 0 saturated heterocycles. The molecule has 0 amide bonds. The molecule has 2 aromatic heterocycles. The molecule has 6 nitrogen and oxygen atoms in total. The number of carbonyl (C=O) groups is 1. The highest BCUT2D eigenvalue weighted by Crippen LogP contribution is 2.42. The highest BCUT2D eigenvalue weighted by atomic mass is 32.2. The number of benzene rings is 2. The number of halogens is 4. The molecule has 4 rings (SSSR count). The van der Waals surface area contributed by atoms with Gasteiger partial charge in [0.15, 0.2) is 5.78 Å². The van der Waals surface area contributed by atoms with Crippen LogP contribution in [0.2, 0.25) is 0 Å². The van der Waals surface area contributed by atoms with Crippen LogP contribution in [-0.2, 0) is 15.8 Å². The number of carbonyl (C=O) groups excluding carboxylic acids is 3. The molecular formula is C28H25F4N3O3S2. The number of hydrogen-bond acceptors (Lipinski definition) is 7. The normalized spacial score (nSPS) is 11.2. The minimum absolute atomic E-state index is 0.0257. The maximum atomic E-state index is 13.8. The number of ketones is 1. The lowest BCUT2D eigenvalue weighted by molar-refractivity contribution is -0.191. The highest BCUT2D eigenvalue weighted by Gasteiger charge is 2.35. The minimum Gasteiger partial charge on any atom is -0.294 e. The number of rotatable bonds is 8. The molecule has 0 aliphatic rings.